The highest BCUT2D eigenvalue weighted by atomic mass is 19.4. The summed E-state index contributed by atoms with van der Waals surface area (Å²) >= 11 is 0. The third kappa shape index (κ3) is 8.10. The molecule has 0 spiro atoms. The Labute approximate surface area is 248 Å². The van der Waals surface area contributed by atoms with Crippen LogP contribution in [0.1, 0.15) is 37.1 Å². The molecule has 0 saturated heterocycles. The summed E-state index contributed by atoms with van der Waals surface area (Å²) in [5, 5.41) is 3.27. The van der Waals surface area contributed by atoms with Gasteiger partial charge in [-0.1, -0.05) is 19.9 Å². The van der Waals surface area contributed by atoms with E-state index in [4.69, 9.17) is 4.74 Å². The summed E-state index contributed by atoms with van der Waals surface area (Å²) in [5.41, 5.74) is 2.39. The van der Waals surface area contributed by atoms with Gasteiger partial charge in [0.2, 0.25) is 18.2 Å². The van der Waals surface area contributed by atoms with Crippen LogP contribution >= 0.6 is 0 Å². The number of aryl methyl sites for hydroxylation is 1. The summed E-state index contributed by atoms with van der Waals surface area (Å²) in [5.74, 6) is 1.53. The molecule has 1 aliphatic rings. The summed E-state index contributed by atoms with van der Waals surface area (Å²) in [6.45, 7) is 8.17. The van der Waals surface area contributed by atoms with E-state index in [0.29, 0.717) is 38.2 Å². The summed E-state index contributed by atoms with van der Waals surface area (Å²) in [6.07, 6.45) is 0.765. The van der Waals surface area contributed by atoms with Crippen LogP contribution < -0.4 is 10.1 Å². The van der Waals surface area contributed by atoms with Crippen LogP contribution in [0.15, 0.2) is 61.1 Å². The third-order valence-electron chi connectivity index (χ3n) is 7.34. The number of nitrogens with one attached hydrogen (secondary N) is 1. The number of carbonyl (C=O) groups excluding carboxylic acids is 2. The topological polar surface area (TPSA) is 92.6 Å². The van der Waals surface area contributed by atoms with E-state index >= 15 is 0 Å². The first kappa shape index (κ1) is 31.5. The zero-order chi connectivity index (χ0) is 31.0. The molecule has 2 aromatic carbocycles. The number of fused-ring (bicyclic) bond motifs is 2. The Kier molecular flexibility index (Phi) is 10.4. The molecule has 0 radical (unpaired) electrons. The summed E-state index contributed by atoms with van der Waals surface area (Å²) < 4.78 is 44.5. The molecule has 0 unspecified atom stereocenters. The van der Waals surface area contributed by atoms with Crippen molar-refractivity contribution in [1.29, 1.82) is 0 Å². The van der Waals surface area contributed by atoms with Gasteiger partial charge in [-0.05, 0) is 62.0 Å². The van der Waals surface area contributed by atoms with Gasteiger partial charge in [-0.2, -0.15) is 13.2 Å². The zero-order valence-corrected chi connectivity index (χ0v) is 24.4. The quantitative estimate of drug-likeness (QED) is 0.251. The maximum atomic E-state index is 12.7. The van der Waals surface area contributed by atoms with E-state index in [1.807, 2.05) is 30.3 Å². The van der Waals surface area contributed by atoms with Gasteiger partial charge in [0.15, 0.2) is 0 Å². The Morgan fingerprint density at radius 3 is 2.63 bits per heavy atom. The van der Waals surface area contributed by atoms with Crippen molar-refractivity contribution in [2.45, 2.75) is 39.4 Å². The van der Waals surface area contributed by atoms with E-state index < -0.39 is 11.7 Å². The molecule has 2 aromatic heterocycles. The lowest BCUT2D eigenvalue weighted by molar-refractivity contribution is -0.137. The van der Waals surface area contributed by atoms with Crippen molar-refractivity contribution >= 4 is 28.9 Å². The molecule has 9 nitrogen and oxygen atoms in total. The number of aromatic nitrogens is 3. The maximum Gasteiger partial charge on any atom is 0.416 e. The number of hydrogen-bond donors (Lipinski definition) is 1. The minimum absolute atomic E-state index is 0.129. The van der Waals surface area contributed by atoms with Crippen molar-refractivity contribution in [2.24, 2.45) is 7.05 Å². The van der Waals surface area contributed by atoms with Gasteiger partial charge in [-0.15, -0.1) is 0 Å². The molecule has 3 heterocycles. The normalized spacial score (nSPS) is 12.9. The van der Waals surface area contributed by atoms with Crippen molar-refractivity contribution in [3.8, 4) is 11.6 Å². The van der Waals surface area contributed by atoms with Crippen molar-refractivity contribution in [1.82, 2.24) is 24.3 Å². The predicted molar refractivity (Wildman–Crippen MR) is 158 cm³/mol. The van der Waals surface area contributed by atoms with E-state index in [1.165, 1.54) is 18.5 Å². The van der Waals surface area contributed by atoms with E-state index in [-0.39, 0.29) is 11.6 Å². The first-order chi connectivity index (χ1) is 20.6. The maximum absolute atomic E-state index is 12.7. The molecule has 0 saturated carbocycles. The molecule has 5 rings (SSSR count). The molecule has 0 aliphatic carbocycles. The summed E-state index contributed by atoms with van der Waals surface area (Å²) in [7, 11) is 2.03. The lowest BCUT2D eigenvalue weighted by Crippen LogP contribution is -2.38. The minimum Gasteiger partial charge on any atom is -0.439 e. The number of carbonyl (C=O) groups is 2. The van der Waals surface area contributed by atoms with Crippen LogP contribution in [0.3, 0.4) is 0 Å². The molecule has 0 atom stereocenters. The molecular weight excluding hydrogens is 561 g/mol. The van der Waals surface area contributed by atoms with E-state index in [9.17, 15) is 22.8 Å². The second-order valence-electron chi connectivity index (χ2n) is 10.0. The molecular formula is C31H35F3N6O3. The number of ether oxygens (including phenoxy) is 1. The van der Waals surface area contributed by atoms with Crippen LogP contribution in [0, 0.1) is 0 Å². The van der Waals surface area contributed by atoms with Gasteiger partial charge in [0, 0.05) is 54.9 Å². The molecule has 1 N–H and O–H groups in total. The lowest BCUT2D eigenvalue weighted by Gasteiger charge is -2.29. The Hall–Kier alpha value is -4.45. The van der Waals surface area contributed by atoms with Crippen LogP contribution in [0.25, 0.3) is 10.9 Å². The van der Waals surface area contributed by atoms with Crippen LogP contribution in [-0.4, -0.2) is 62.8 Å². The molecule has 1 aliphatic heterocycles. The third-order valence-corrected chi connectivity index (χ3v) is 7.34. The monoisotopic (exact) mass is 596 g/mol. The van der Waals surface area contributed by atoms with Crippen molar-refractivity contribution in [3.63, 3.8) is 0 Å². The molecule has 0 bridgehead atoms. The van der Waals surface area contributed by atoms with Gasteiger partial charge >= 0.3 is 6.18 Å². The molecule has 12 heteroatoms. The zero-order valence-electron chi connectivity index (χ0n) is 24.4. The van der Waals surface area contributed by atoms with Crippen LogP contribution in [0.4, 0.5) is 18.9 Å². The average molecular weight is 597 g/mol. The number of nitrogens with zero attached hydrogens (tertiary/aromatic N) is 5. The second kappa shape index (κ2) is 14.1. The number of benzene rings is 2. The Balaban J connectivity index is 0.000000273. The first-order valence-corrected chi connectivity index (χ1v) is 14.1. The van der Waals surface area contributed by atoms with E-state index in [0.717, 1.165) is 59.7 Å². The van der Waals surface area contributed by atoms with Crippen molar-refractivity contribution in [2.75, 3.05) is 31.5 Å². The van der Waals surface area contributed by atoms with Crippen molar-refractivity contribution < 1.29 is 27.5 Å². The largest absolute Gasteiger partial charge is 0.439 e. The molecule has 228 valence electrons. The minimum atomic E-state index is -4.37. The van der Waals surface area contributed by atoms with Gasteiger partial charge in [0.1, 0.15) is 12.1 Å². The fourth-order valence-corrected chi connectivity index (χ4v) is 4.87. The van der Waals surface area contributed by atoms with Crippen LogP contribution in [0.2, 0.25) is 0 Å². The fourth-order valence-electron chi connectivity index (χ4n) is 4.87. The first-order valence-electron chi connectivity index (χ1n) is 14.1. The van der Waals surface area contributed by atoms with Crippen molar-refractivity contribution in [3.05, 3.63) is 77.9 Å². The number of amides is 2. The number of anilines is 1. The number of rotatable bonds is 9. The number of halogens is 3. The van der Waals surface area contributed by atoms with E-state index in [2.05, 4.69) is 50.7 Å². The highest BCUT2D eigenvalue weighted by Gasteiger charge is 2.30. The van der Waals surface area contributed by atoms with Gasteiger partial charge in [0.25, 0.3) is 0 Å². The summed E-state index contributed by atoms with van der Waals surface area (Å²) in [6, 6.07) is 12.5. The number of alkyl halides is 3. The smallest absolute Gasteiger partial charge is 0.416 e. The van der Waals surface area contributed by atoms with Crippen LogP contribution in [0.5, 0.6) is 11.6 Å². The predicted octanol–water partition coefficient (Wildman–Crippen LogP) is 5.65. The standard InChI is InChI=1S/C23H29N5O2.C8H6F3NO/c1-4-27(5-2)12-10-22(29)28-13-9-19-20(15-28)24-16-25-23(19)30-18-6-7-21-17(14-18)8-11-26(21)3;9-8(10,11)6-2-1-3-7(4-6)12-5-13/h6-8,11,14,16H,4-5,9-10,12-13,15H2,1-3H3;1-5H,(H,12,13). The SMILES string of the molecule is CCN(CC)CCC(=O)N1CCc2c(ncnc2Oc2ccc3c(ccn3C)c2)C1.O=CNc1cccc(C(F)(F)F)c1. The average Bonchev–Trinajstić information content (AvgIpc) is 3.37. The van der Waals surface area contributed by atoms with Gasteiger partial charge in [-0.3, -0.25) is 9.59 Å². The lowest BCUT2D eigenvalue weighted by atomic mass is 10.1. The highest BCUT2D eigenvalue weighted by Crippen LogP contribution is 2.31. The highest BCUT2D eigenvalue weighted by molar-refractivity contribution is 5.81. The number of hydrogen-bond acceptors (Lipinski definition) is 6. The molecule has 0 fully saturated rings. The van der Waals surface area contributed by atoms with Gasteiger partial charge in [0.05, 0.1) is 17.8 Å². The Bertz CT molecular complexity index is 1550. The summed E-state index contributed by atoms with van der Waals surface area (Å²) in [4.78, 5) is 35.6. The van der Waals surface area contributed by atoms with E-state index in [1.54, 1.807) is 0 Å². The Morgan fingerprint density at radius 2 is 1.91 bits per heavy atom. The van der Waals surface area contributed by atoms with Gasteiger partial charge < -0.3 is 24.4 Å². The second-order valence-corrected chi connectivity index (χ2v) is 10.0. The molecule has 2 amide bonds. The fraction of sp³-hybridized carbons (Fsp3) is 0.355. The molecule has 43 heavy (non-hydrogen) atoms. The molecule has 4 aromatic rings. The van der Waals surface area contributed by atoms with Crippen LogP contribution in [-0.2, 0) is 35.8 Å². The Morgan fingerprint density at radius 1 is 1.12 bits per heavy atom. The van der Waals surface area contributed by atoms with Gasteiger partial charge in [-0.25, -0.2) is 9.97 Å².